The van der Waals surface area contributed by atoms with E-state index in [0.717, 1.165) is 6.07 Å². The highest BCUT2D eigenvalue weighted by Gasteiger charge is 2.14. The van der Waals surface area contributed by atoms with Crippen LogP contribution in [0.5, 0.6) is 0 Å². The Morgan fingerprint density at radius 3 is 3.00 bits per heavy atom. The molecule has 6 heteroatoms. The average molecular weight is 201 g/mol. The second-order valence-electron chi connectivity index (χ2n) is 2.61. The van der Waals surface area contributed by atoms with Crippen molar-refractivity contribution in [3.8, 4) is 5.82 Å². The molecular weight excluding hydrogens is 190 g/mol. The molecule has 14 heavy (non-hydrogen) atoms. The Labute approximate surface area is 83.0 Å². The molecule has 2 rings (SSSR count). The number of nitrogens with zero attached hydrogens (tertiary/aromatic N) is 4. The Bertz CT molecular complexity index is 503. The van der Waals surface area contributed by atoms with Gasteiger partial charge in [-0.25, -0.2) is 13.8 Å². The molecule has 0 aliphatic rings. The van der Waals surface area contributed by atoms with Crippen molar-refractivity contribution in [1.29, 1.82) is 0 Å². The van der Waals surface area contributed by atoms with Crippen LogP contribution in [0, 0.1) is 0 Å². The Hall–Kier alpha value is -1.72. The molecular formula is C8H8F2N4. The van der Waals surface area contributed by atoms with Crippen molar-refractivity contribution in [3.63, 3.8) is 0 Å². The van der Waals surface area contributed by atoms with Gasteiger partial charge in [0.25, 0.3) is 6.43 Å². The predicted molar refractivity (Wildman–Crippen MR) is 45.3 cm³/mol. The van der Waals surface area contributed by atoms with Crippen LogP contribution in [0.2, 0.25) is 0 Å². The van der Waals surface area contributed by atoms with Gasteiger partial charge in [0.1, 0.15) is 17.8 Å². The zero-order chi connectivity index (χ0) is 12.6. The molecule has 0 fully saturated rings. The molecule has 0 aromatic carbocycles. The van der Waals surface area contributed by atoms with E-state index in [1.54, 1.807) is 0 Å². The van der Waals surface area contributed by atoms with Crippen LogP contribution in [0.3, 0.4) is 0 Å². The summed E-state index contributed by atoms with van der Waals surface area (Å²) in [5.41, 5.74) is -0.579. The van der Waals surface area contributed by atoms with Crippen molar-refractivity contribution in [1.82, 2.24) is 19.3 Å². The van der Waals surface area contributed by atoms with Crippen LogP contribution in [0.15, 0.2) is 24.8 Å². The van der Waals surface area contributed by atoms with Gasteiger partial charge in [-0.15, -0.1) is 0 Å². The van der Waals surface area contributed by atoms with Gasteiger partial charge in [0.2, 0.25) is 0 Å². The van der Waals surface area contributed by atoms with E-state index in [4.69, 9.17) is 4.11 Å². The van der Waals surface area contributed by atoms with Gasteiger partial charge in [-0.2, -0.15) is 5.10 Å². The molecule has 0 aliphatic carbocycles. The van der Waals surface area contributed by atoms with Crippen LogP contribution < -0.4 is 0 Å². The molecule has 0 N–H and O–H groups in total. The molecule has 0 bridgehead atoms. The SMILES string of the molecule is [2H]C([2H])([2H])n1nc(C(F)F)cc1-n1ccnc1. The smallest absolute Gasteiger partial charge is 0.282 e. The minimum Gasteiger partial charge on any atom is -0.291 e. The monoisotopic (exact) mass is 201 g/mol. The molecule has 0 atom stereocenters. The minimum atomic E-state index is -2.82. The number of hydrogen-bond acceptors (Lipinski definition) is 2. The summed E-state index contributed by atoms with van der Waals surface area (Å²) in [6, 6.07) is 1.03. The van der Waals surface area contributed by atoms with E-state index in [2.05, 4.69) is 10.1 Å². The van der Waals surface area contributed by atoms with Crippen LogP contribution in [0.4, 0.5) is 8.78 Å². The highest BCUT2D eigenvalue weighted by molar-refractivity contribution is 5.26. The molecule has 0 radical (unpaired) electrons. The summed E-state index contributed by atoms with van der Waals surface area (Å²) in [5, 5.41) is 3.39. The Morgan fingerprint density at radius 1 is 1.57 bits per heavy atom. The number of hydrogen-bond donors (Lipinski definition) is 0. The predicted octanol–water partition coefficient (Wildman–Crippen LogP) is 1.54. The maximum atomic E-state index is 12.5. The van der Waals surface area contributed by atoms with Crippen molar-refractivity contribution in [2.24, 2.45) is 6.98 Å². The van der Waals surface area contributed by atoms with Crippen LogP contribution in [0.1, 0.15) is 16.2 Å². The fourth-order valence-electron chi connectivity index (χ4n) is 1.07. The Kier molecular flexibility index (Phi) is 1.35. The van der Waals surface area contributed by atoms with Gasteiger partial charge in [-0.3, -0.25) is 9.25 Å². The van der Waals surface area contributed by atoms with Crippen LogP contribution in [-0.4, -0.2) is 19.3 Å². The fraction of sp³-hybridized carbons (Fsp3) is 0.250. The topological polar surface area (TPSA) is 35.6 Å². The highest BCUT2D eigenvalue weighted by Crippen LogP contribution is 2.19. The third-order valence-corrected chi connectivity index (χ3v) is 1.70. The summed E-state index contributed by atoms with van der Waals surface area (Å²) in [5.74, 6) is 0.0257. The first-order valence-corrected chi connectivity index (χ1v) is 3.76. The normalized spacial score (nSPS) is 15.2. The number of alkyl halides is 2. The molecule has 2 aromatic rings. The summed E-state index contributed by atoms with van der Waals surface area (Å²) in [6.45, 7) is -2.62. The zero-order valence-corrected chi connectivity index (χ0v) is 6.93. The first-order chi connectivity index (χ1) is 7.89. The molecule has 2 heterocycles. The Morgan fingerprint density at radius 2 is 2.43 bits per heavy atom. The second-order valence-corrected chi connectivity index (χ2v) is 2.61. The third kappa shape index (κ3) is 1.39. The summed E-state index contributed by atoms with van der Waals surface area (Å²) in [7, 11) is 0. The lowest BCUT2D eigenvalue weighted by Gasteiger charge is -1.99. The summed E-state index contributed by atoms with van der Waals surface area (Å²) in [4.78, 5) is 3.73. The first-order valence-electron chi connectivity index (χ1n) is 5.26. The lowest BCUT2D eigenvalue weighted by molar-refractivity contribution is 0.145. The number of imidazole rings is 1. The van der Waals surface area contributed by atoms with E-state index in [1.165, 1.54) is 23.3 Å². The van der Waals surface area contributed by atoms with Crippen molar-refractivity contribution >= 4 is 0 Å². The number of aryl methyl sites for hydroxylation is 1. The molecule has 0 amide bonds. The second kappa shape index (κ2) is 3.21. The molecule has 0 saturated carbocycles. The van der Waals surface area contributed by atoms with Crippen molar-refractivity contribution in [2.75, 3.05) is 0 Å². The average Bonchev–Trinajstić information content (AvgIpc) is 2.85. The van der Waals surface area contributed by atoms with Gasteiger partial charge in [-0.1, -0.05) is 0 Å². The van der Waals surface area contributed by atoms with Crippen LogP contribution in [-0.2, 0) is 6.98 Å². The lowest BCUT2D eigenvalue weighted by atomic mass is 10.4. The van der Waals surface area contributed by atoms with E-state index in [0.29, 0.717) is 4.68 Å². The molecule has 74 valence electrons. The van der Waals surface area contributed by atoms with Gasteiger partial charge >= 0.3 is 0 Å². The maximum Gasteiger partial charge on any atom is 0.282 e. The molecule has 0 aliphatic heterocycles. The summed E-state index contributed by atoms with van der Waals surface area (Å²) in [6.07, 6.45) is 1.36. The van der Waals surface area contributed by atoms with Crippen LogP contribution >= 0.6 is 0 Å². The van der Waals surface area contributed by atoms with Crippen molar-refractivity contribution in [2.45, 2.75) is 6.43 Å². The lowest BCUT2D eigenvalue weighted by Crippen LogP contribution is -2.00. The Balaban J connectivity index is 2.57. The third-order valence-electron chi connectivity index (χ3n) is 1.70. The number of aromatic nitrogens is 4. The van der Waals surface area contributed by atoms with E-state index < -0.39 is 19.1 Å². The van der Waals surface area contributed by atoms with E-state index >= 15 is 0 Å². The standard InChI is InChI=1S/C8H8F2N4/c1-13-7(14-3-2-11-5-14)4-6(12-13)8(9)10/h2-5,8H,1H3/i1D3. The summed E-state index contributed by atoms with van der Waals surface area (Å²) >= 11 is 0. The number of rotatable bonds is 2. The highest BCUT2D eigenvalue weighted by atomic mass is 19.3. The summed E-state index contributed by atoms with van der Waals surface area (Å²) < 4.78 is 48.6. The van der Waals surface area contributed by atoms with Gasteiger partial charge in [-0.05, 0) is 0 Å². The quantitative estimate of drug-likeness (QED) is 0.738. The maximum absolute atomic E-state index is 12.5. The van der Waals surface area contributed by atoms with Crippen LogP contribution in [0.25, 0.3) is 5.82 Å². The molecule has 0 spiro atoms. The van der Waals surface area contributed by atoms with Gasteiger partial charge < -0.3 is 0 Å². The molecule has 0 unspecified atom stereocenters. The van der Waals surface area contributed by atoms with Gasteiger partial charge in [0.15, 0.2) is 0 Å². The van der Waals surface area contributed by atoms with Crippen molar-refractivity contribution in [3.05, 3.63) is 30.5 Å². The van der Waals surface area contributed by atoms with E-state index in [9.17, 15) is 8.78 Å². The fourth-order valence-corrected chi connectivity index (χ4v) is 1.07. The molecule has 2 aromatic heterocycles. The number of halogens is 2. The zero-order valence-electron chi connectivity index (χ0n) is 9.93. The van der Waals surface area contributed by atoms with E-state index in [1.807, 2.05) is 0 Å². The van der Waals surface area contributed by atoms with Gasteiger partial charge in [0, 0.05) is 29.5 Å². The minimum absolute atomic E-state index is 0.0257. The largest absolute Gasteiger partial charge is 0.291 e. The molecule has 0 saturated heterocycles. The van der Waals surface area contributed by atoms with Crippen molar-refractivity contribution < 1.29 is 12.9 Å². The first kappa shape index (κ1) is 5.90. The van der Waals surface area contributed by atoms with E-state index in [-0.39, 0.29) is 5.82 Å². The van der Waals surface area contributed by atoms with Gasteiger partial charge in [0.05, 0.1) is 0 Å². The molecule has 4 nitrogen and oxygen atoms in total.